The van der Waals surface area contributed by atoms with Gasteiger partial charge >= 0.3 is 5.97 Å². The Morgan fingerprint density at radius 3 is 2.50 bits per heavy atom. The first-order valence-corrected chi connectivity index (χ1v) is 11.5. The number of pyridine rings is 1. The number of carbonyl (C=O) groups is 2. The summed E-state index contributed by atoms with van der Waals surface area (Å²) in [6.45, 7) is 5.07. The average molecular weight is 433 g/mol. The van der Waals surface area contributed by atoms with E-state index in [-0.39, 0.29) is 11.9 Å². The maximum atomic E-state index is 13.6. The van der Waals surface area contributed by atoms with Crippen LogP contribution < -0.4 is 4.90 Å². The number of carbonyl (C=O) groups excluding carboxylic acids is 2. The van der Waals surface area contributed by atoms with Gasteiger partial charge in [0.25, 0.3) is 0 Å². The summed E-state index contributed by atoms with van der Waals surface area (Å²) in [7, 11) is 2.14. The molecule has 1 aliphatic carbocycles. The van der Waals surface area contributed by atoms with Crippen LogP contribution in [0.15, 0.2) is 42.6 Å². The summed E-state index contributed by atoms with van der Waals surface area (Å²) in [5, 5.41) is 0. The fourth-order valence-corrected chi connectivity index (χ4v) is 5.55. The molecule has 1 spiro atoms. The van der Waals surface area contributed by atoms with E-state index in [1.165, 1.54) is 0 Å². The number of aromatic nitrogens is 1. The van der Waals surface area contributed by atoms with Crippen molar-refractivity contribution in [3.63, 3.8) is 0 Å². The van der Waals surface area contributed by atoms with Crippen molar-refractivity contribution in [2.75, 3.05) is 51.2 Å². The number of likely N-dealkylation sites (N-methyl/N-ethyl adjacent to an activating group) is 1. The Hall–Kier alpha value is -2.93. The largest absolute Gasteiger partial charge is 0.449 e. The summed E-state index contributed by atoms with van der Waals surface area (Å²) in [5.41, 5.74) is 1.39. The Balaban J connectivity index is 1.20. The molecule has 1 aromatic heterocycles. The number of ether oxygens (including phenoxy) is 1. The zero-order valence-electron chi connectivity index (χ0n) is 18.4. The summed E-state index contributed by atoms with van der Waals surface area (Å²) < 4.78 is 5.84. The number of hydrogen-bond donors (Lipinski definition) is 0. The molecule has 3 fully saturated rings. The molecule has 7 heteroatoms. The van der Waals surface area contributed by atoms with Crippen LogP contribution in [0.3, 0.4) is 0 Å². The standard InChI is InChI=1S/C25H28N4O3/c1-27-12-14-28(15-13-27)21-7-6-18(16-26-21)24(8-9-24)23(31)29-11-10-25(17-29)20-5-3-2-4-19(20)22(30)32-25/h2-7,16H,8-15,17H2,1H3. The van der Waals surface area contributed by atoms with Crippen LogP contribution in [0.2, 0.25) is 0 Å². The fraction of sp³-hybridized carbons (Fsp3) is 0.480. The van der Waals surface area contributed by atoms with Crippen LogP contribution in [0.4, 0.5) is 5.82 Å². The van der Waals surface area contributed by atoms with Gasteiger partial charge in [-0.25, -0.2) is 9.78 Å². The zero-order chi connectivity index (χ0) is 21.9. The quantitative estimate of drug-likeness (QED) is 0.693. The first-order valence-electron chi connectivity index (χ1n) is 11.5. The highest BCUT2D eigenvalue weighted by Gasteiger charge is 2.57. The van der Waals surface area contributed by atoms with Crippen LogP contribution >= 0.6 is 0 Å². The molecule has 1 saturated carbocycles. The van der Waals surface area contributed by atoms with Crippen LogP contribution in [0.25, 0.3) is 0 Å². The van der Waals surface area contributed by atoms with Gasteiger partial charge in [0.15, 0.2) is 5.60 Å². The second kappa shape index (κ2) is 7.04. The maximum Gasteiger partial charge on any atom is 0.339 e. The SMILES string of the molecule is CN1CCN(c2ccc(C3(C(=O)N4CCC5(C4)OC(=O)c4ccccc45)CC3)cn2)CC1. The van der Waals surface area contributed by atoms with Gasteiger partial charge in [-0.1, -0.05) is 24.3 Å². The molecule has 2 aromatic rings. The van der Waals surface area contributed by atoms with Gasteiger partial charge in [0.1, 0.15) is 5.82 Å². The van der Waals surface area contributed by atoms with Gasteiger partial charge in [-0.05, 0) is 37.6 Å². The highest BCUT2D eigenvalue weighted by atomic mass is 16.6. The molecule has 0 radical (unpaired) electrons. The lowest BCUT2D eigenvalue weighted by molar-refractivity contribution is -0.134. The van der Waals surface area contributed by atoms with Crippen molar-refractivity contribution in [2.45, 2.75) is 30.3 Å². The van der Waals surface area contributed by atoms with Crippen molar-refractivity contribution in [2.24, 2.45) is 0 Å². The summed E-state index contributed by atoms with van der Waals surface area (Å²) in [6, 6.07) is 11.7. The number of fused-ring (bicyclic) bond motifs is 2. The van der Waals surface area contributed by atoms with Gasteiger partial charge < -0.3 is 19.4 Å². The lowest BCUT2D eigenvalue weighted by Crippen LogP contribution is -2.44. The van der Waals surface area contributed by atoms with Crippen molar-refractivity contribution in [1.29, 1.82) is 0 Å². The minimum Gasteiger partial charge on any atom is -0.449 e. The van der Waals surface area contributed by atoms with Gasteiger partial charge in [0.2, 0.25) is 5.91 Å². The van der Waals surface area contributed by atoms with Gasteiger partial charge in [0.05, 0.1) is 17.5 Å². The van der Waals surface area contributed by atoms with Gasteiger partial charge in [-0.3, -0.25) is 4.79 Å². The minimum absolute atomic E-state index is 0.143. The molecule has 166 valence electrons. The molecule has 1 atom stereocenters. The fourth-order valence-electron chi connectivity index (χ4n) is 5.55. The zero-order valence-corrected chi connectivity index (χ0v) is 18.4. The van der Waals surface area contributed by atoms with Crippen LogP contribution in [0, 0.1) is 0 Å². The molecule has 4 aliphatic rings. The van der Waals surface area contributed by atoms with Gasteiger partial charge in [-0.15, -0.1) is 0 Å². The molecule has 6 rings (SSSR count). The number of nitrogens with zero attached hydrogens (tertiary/aromatic N) is 4. The van der Waals surface area contributed by atoms with E-state index in [9.17, 15) is 9.59 Å². The van der Waals surface area contributed by atoms with E-state index >= 15 is 0 Å². The van der Waals surface area contributed by atoms with E-state index in [1.807, 2.05) is 35.4 Å². The van der Waals surface area contributed by atoms with Crippen molar-refractivity contribution >= 4 is 17.7 Å². The number of piperazine rings is 1. The van der Waals surface area contributed by atoms with E-state index in [0.717, 1.165) is 56.0 Å². The van der Waals surface area contributed by atoms with Crippen LogP contribution in [0.5, 0.6) is 0 Å². The highest BCUT2D eigenvalue weighted by molar-refractivity contribution is 5.96. The van der Waals surface area contributed by atoms with E-state index in [1.54, 1.807) is 0 Å². The maximum absolute atomic E-state index is 13.6. The van der Waals surface area contributed by atoms with E-state index in [2.05, 4.69) is 29.0 Å². The predicted octanol–water partition coefficient (Wildman–Crippen LogP) is 2.16. The Kier molecular flexibility index (Phi) is 4.34. The lowest BCUT2D eigenvalue weighted by Gasteiger charge is -2.33. The summed E-state index contributed by atoms with van der Waals surface area (Å²) in [5.74, 6) is 0.850. The first-order chi connectivity index (χ1) is 15.5. The van der Waals surface area contributed by atoms with E-state index in [0.29, 0.717) is 25.1 Å². The van der Waals surface area contributed by atoms with Gasteiger partial charge in [0, 0.05) is 50.9 Å². The Labute approximate surface area is 188 Å². The van der Waals surface area contributed by atoms with Crippen LogP contribution in [-0.2, 0) is 20.5 Å². The van der Waals surface area contributed by atoms with Crippen molar-refractivity contribution in [3.8, 4) is 0 Å². The molecule has 3 aliphatic heterocycles. The summed E-state index contributed by atoms with van der Waals surface area (Å²) in [6.07, 6.45) is 4.25. The second-order valence-corrected chi connectivity index (χ2v) is 9.68. The number of benzene rings is 1. The first kappa shape index (κ1) is 19.7. The number of rotatable bonds is 3. The topological polar surface area (TPSA) is 66.0 Å². The average Bonchev–Trinajstić information content (AvgIpc) is 3.46. The van der Waals surface area contributed by atoms with E-state index in [4.69, 9.17) is 9.72 Å². The monoisotopic (exact) mass is 432 g/mol. The Morgan fingerprint density at radius 1 is 1.00 bits per heavy atom. The molecular formula is C25H28N4O3. The van der Waals surface area contributed by atoms with Crippen LogP contribution in [-0.4, -0.2) is 73.0 Å². The minimum atomic E-state index is -0.692. The lowest BCUT2D eigenvalue weighted by atomic mass is 9.91. The molecule has 2 saturated heterocycles. The molecule has 32 heavy (non-hydrogen) atoms. The number of likely N-dealkylation sites (tertiary alicyclic amines) is 1. The molecule has 1 unspecified atom stereocenters. The molecule has 0 bridgehead atoms. The molecule has 1 aromatic carbocycles. The Bertz CT molecular complexity index is 1070. The molecule has 0 N–H and O–H groups in total. The molecular weight excluding hydrogens is 404 g/mol. The number of anilines is 1. The van der Waals surface area contributed by atoms with Gasteiger partial charge in [-0.2, -0.15) is 0 Å². The highest BCUT2D eigenvalue weighted by Crippen LogP contribution is 2.52. The van der Waals surface area contributed by atoms with Crippen molar-refractivity contribution < 1.29 is 14.3 Å². The van der Waals surface area contributed by atoms with Crippen LogP contribution in [0.1, 0.15) is 40.7 Å². The summed E-state index contributed by atoms with van der Waals surface area (Å²) in [4.78, 5) is 37.3. The number of hydrogen-bond acceptors (Lipinski definition) is 6. The third-order valence-electron chi connectivity index (χ3n) is 7.73. The smallest absolute Gasteiger partial charge is 0.339 e. The van der Waals surface area contributed by atoms with E-state index < -0.39 is 11.0 Å². The molecule has 4 heterocycles. The van der Waals surface area contributed by atoms with Crippen molar-refractivity contribution in [3.05, 3.63) is 59.3 Å². The second-order valence-electron chi connectivity index (χ2n) is 9.68. The summed E-state index contributed by atoms with van der Waals surface area (Å²) >= 11 is 0. The third kappa shape index (κ3) is 2.94. The molecule has 7 nitrogen and oxygen atoms in total. The predicted molar refractivity (Wildman–Crippen MR) is 120 cm³/mol. The molecule has 1 amide bonds. The number of esters is 1. The van der Waals surface area contributed by atoms with Crippen molar-refractivity contribution in [1.82, 2.24) is 14.8 Å². The number of amides is 1. The third-order valence-corrected chi connectivity index (χ3v) is 7.73. The normalized spacial score (nSPS) is 26.3. The Morgan fingerprint density at radius 2 is 1.78 bits per heavy atom.